The third kappa shape index (κ3) is 5.26. The molecule has 3 aromatic heterocycles. The number of benzene rings is 1. The van der Waals surface area contributed by atoms with E-state index < -0.39 is 5.82 Å². The Balaban J connectivity index is 1.46. The lowest BCUT2D eigenvalue weighted by molar-refractivity contribution is 0.103. The van der Waals surface area contributed by atoms with Crippen LogP contribution in [0.15, 0.2) is 79.5 Å². The van der Waals surface area contributed by atoms with E-state index in [1.807, 2.05) is 42.7 Å². The van der Waals surface area contributed by atoms with Gasteiger partial charge in [0.25, 0.3) is 0 Å². The Morgan fingerprint density at radius 1 is 1.15 bits per heavy atom. The van der Waals surface area contributed by atoms with Crippen LogP contribution < -0.4 is 11.1 Å². The minimum atomic E-state index is -0.565. The van der Waals surface area contributed by atoms with Crippen LogP contribution >= 0.6 is 11.8 Å². The summed E-state index contributed by atoms with van der Waals surface area (Å²) in [4.78, 5) is 30.1. The van der Waals surface area contributed by atoms with Crippen LogP contribution in [0.5, 0.6) is 0 Å². The monoisotopic (exact) mass is 472 g/mol. The molecule has 0 amide bonds. The normalized spacial score (nSPS) is 11.8. The van der Waals surface area contributed by atoms with Crippen LogP contribution in [-0.2, 0) is 0 Å². The van der Waals surface area contributed by atoms with Crippen molar-refractivity contribution in [3.05, 3.63) is 102 Å². The Bertz CT molecular complexity index is 1410. The number of anilines is 2. The quantitative estimate of drug-likeness (QED) is 0.280. The molecular formula is C25H21FN6OS. The molecule has 170 valence electrons. The lowest BCUT2D eigenvalue weighted by Gasteiger charge is -2.08. The van der Waals surface area contributed by atoms with Crippen molar-refractivity contribution in [2.24, 2.45) is 0 Å². The number of nitrogens with one attached hydrogen (secondary N) is 1. The molecule has 0 spiro atoms. The van der Waals surface area contributed by atoms with Gasteiger partial charge in [-0.15, -0.1) is 11.8 Å². The van der Waals surface area contributed by atoms with Crippen molar-refractivity contribution < 1.29 is 9.18 Å². The lowest BCUT2D eigenvalue weighted by atomic mass is 10.1. The summed E-state index contributed by atoms with van der Waals surface area (Å²) in [5.41, 5.74) is 8.31. The van der Waals surface area contributed by atoms with Gasteiger partial charge in [-0.2, -0.15) is 0 Å². The first-order chi connectivity index (χ1) is 16.6. The van der Waals surface area contributed by atoms with E-state index in [-0.39, 0.29) is 11.3 Å². The molecule has 0 aliphatic heterocycles. The van der Waals surface area contributed by atoms with Gasteiger partial charge < -0.3 is 11.1 Å². The molecule has 0 aliphatic carbocycles. The van der Waals surface area contributed by atoms with Crippen molar-refractivity contribution >= 4 is 45.0 Å². The van der Waals surface area contributed by atoms with Crippen molar-refractivity contribution in [3.63, 3.8) is 0 Å². The molecule has 34 heavy (non-hydrogen) atoms. The molecular weight excluding hydrogens is 451 g/mol. The number of hydrogen-bond donors (Lipinski definition) is 2. The van der Waals surface area contributed by atoms with Crippen LogP contribution in [0.1, 0.15) is 21.5 Å². The summed E-state index contributed by atoms with van der Waals surface area (Å²) in [6.07, 6.45) is 13.3. The van der Waals surface area contributed by atoms with E-state index in [1.165, 1.54) is 12.5 Å². The average Bonchev–Trinajstić information content (AvgIpc) is 2.86. The third-order valence-electron chi connectivity index (χ3n) is 4.96. The number of hydrogen-bond acceptors (Lipinski definition) is 8. The molecule has 9 heteroatoms. The maximum absolute atomic E-state index is 13.5. The first kappa shape index (κ1) is 23.1. The number of ketones is 1. The van der Waals surface area contributed by atoms with Gasteiger partial charge in [-0.3, -0.25) is 9.78 Å². The molecule has 0 aliphatic rings. The summed E-state index contributed by atoms with van der Waals surface area (Å²) in [7, 11) is 0. The fourth-order valence-electron chi connectivity index (χ4n) is 3.31. The van der Waals surface area contributed by atoms with Crippen molar-refractivity contribution in [3.8, 4) is 0 Å². The molecule has 0 fully saturated rings. The van der Waals surface area contributed by atoms with E-state index in [2.05, 4.69) is 25.3 Å². The summed E-state index contributed by atoms with van der Waals surface area (Å²) < 4.78 is 13.5. The van der Waals surface area contributed by atoms with Gasteiger partial charge in [0, 0.05) is 34.8 Å². The van der Waals surface area contributed by atoms with E-state index in [9.17, 15) is 9.18 Å². The first-order valence-electron chi connectivity index (χ1n) is 10.3. The Morgan fingerprint density at radius 3 is 2.85 bits per heavy atom. The number of pyridine rings is 2. The maximum Gasteiger partial charge on any atom is 0.198 e. The number of nitrogens with two attached hydrogens (primary N) is 1. The molecule has 0 unspecified atom stereocenters. The van der Waals surface area contributed by atoms with Crippen molar-refractivity contribution in [2.45, 2.75) is 0 Å². The summed E-state index contributed by atoms with van der Waals surface area (Å²) in [6, 6.07) is 10.4. The largest absolute Gasteiger partial charge is 0.383 e. The zero-order valence-corrected chi connectivity index (χ0v) is 19.1. The second-order valence-corrected chi connectivity index (χ2v) is 8.00. The van der Waals surface area contributed by atoms with Gasteiger partial charge in [-0.05, 0) is 48.2 Å². The summed E-state index contributed by atoms with van der Waals surface area (Å²) in [6.45, 7) is 0.440. The van der Waals surface area contributed by atoms with Crippen molar-refractivity contribution in [2.75, 3.05) is 23.9 Å². The molecule has 3 heterocycles. The standard InChI is InChI=1S/C25H21FN6OS/c1-34-22(16-7-8-21-20(12-16)24(27)32-15-31-21)6-2-3-9-29-25-19(5-4-10-30-25)23(33)17-11-18(26)14-28-13-17/h2-8,10-15H,9H2,1H3,(H,29,30)(H2,27,31,32)/b3-2+,22-6-. The summed E-state index contributed by atoms with van der Waals surface area (Å²) in [5, 5.41) is 3.95. The number of aromatic nitrogens is 4. The van der Waals surface area contributed by atoms with Gasteiger partial charge >= 0.3 is 0 Å². The number of allylic oxidation sites excluding steroid dienone is 2. The highest BCUT2D eigenvalue weighted by atomic mass is 32.2. The number of nitrogens with zero attached hydrogens (tertiary/aromatic N) is 4. The predicted molar refractivity (Wildman–Crippen MR) is 135 cm³/mol. The number of halogens is 1. The number of nitrogen functional groups attached to an aromatic ring is 1. The molecule has 1 aromatic carbocycles. The van der Waals surface area contributed by atoms with Crippen molar-refractivity contribution in [1.29, 1.82) is 0 Å². The van der Waals surface area contributed by atoms with E-state index in [0.717, 1.165) is 33.6 Å². The van der Waals surface area contributed by atoms with Gasteiger partial charge in [0.1, 0.15) is 23.8 Å². The van der Waals surface area contributed by atoms with Gasteiger partial charge in [0.15, 0.2) is 5.78 Å². The third-order valence-corrected chi connectivity index (χ3v) is 5.77. The topological polar surface area (TPSA) is 107 Å². The highest BCUT2D eigenvalue weighted by Crippen LogP contribution is 2.29. The molecule has 4 aromatic rings. The number of thioether (sulfide) groups is 1. The highest BCUT2D eigenvalue weighted by molar-refractivity contribution is 8.07. The van der Waals surface area contributed by atoms with Crippen LogP contribution in [0.3, 0.4) is 0 Å². The highest BCUT2D eigenvalue weighted by Gasteiger charge is 2.15. The van der Waals surface area contributed by atoms with Crippen LogP contribution in [0, 0.1) is 5.82 Å². The van der Waals surface area contributed by atoms with Gasteiger partial charge in [-0.25, -0.2) is 19.3 Å². The Morgan fingerprint density at radius 2 is 2.03 bits per heavy atom. The van der Waals surface area contributed by atoms with Crippen LogP contribution in [0.4, 0.5) is 16.0 Å². The molecule has 0 bridgehead atoms. The maximum atomic E-state index is 13.5. The summed E-state index contributed by atoms with van der Waals surface area (Å²) in [5.74, 6) is -0.0526. The molecule has 3 N–H and O–H groups in total. The zero-order valence-electron chi connectivity index (χ0n) is 18.3. The van der Waals surface area contributed by atoms with Gasteiger partial charge in [-0.1, -0.05) is 18.2 Å². The van der Waals surface area contributed by atoms with E-state index in [4.69, 9.17) is 5.73 Å². The smallest absolute Gasteiger partial charge is 0.198 e. The molecule has 0 saturated heterocycles. The van der Waals surface area contributed by atoms with E-state index in [0.29, 0.717) is 23.7 Å². The zero-order chi connectivity index (χ0) is 23.9. The van der Waals surface area contributed by atoms with E-state index in [1.54, 1.807) is 30.1 Å². The number of carbonyl (C=O) groups excluding carboxylic acids is 1. The first-order valence-corrected chi connectivity index (χ1v) is 11.5. The molecule has 0 atom stereocenters. The number of rotatable bonds is 8. The van der Waals surface area contributed by atoms with E-state index >= 15 is 0 Å². The minimum absolute atomic E-state index is 0.167. The van der Waals surface area contributed by atoms with Crippen LogP contribution in [0.25, 0.3) is 15.8 Å². The Kier molecular flexibility index (Phi) is 7.24. The second kappa shape index (κ2) is 10.7. The second-order valence-electron chi connectivity index (χ2n) is 7.16. The summed E-state index contributed by atoms with van der Waals surface area (Å²) >= 11 is 1.61. The van der Waals surface area contributed by atoms with Gasteiger partial charge in [0.05, 0.1) is 17.3 Å². The Hall–Kier alpha value is -4.11. The van der Waals surface area contributed by atoms with Crippen LogP contribution in [0.2, 0.25) is 0 Å². The molecule has 0 radical (unpaired) electrons. The minimum Gasteiger partial charge on any atom is -0.383 e. The van der Waals surface area contributed by atoms with Crippen molar-refractivity contribution in [1.82, 2.24) is 19.9 Å². The lowest BCUT2D eigenvalue weighted by Crippen LogP contribution is -2.10. The molecule has 7 nitrogen and oxygen atoms in total. The predicted octanol–water partition coefficient (Wildman–Crippen LogP) is 4.74. The molecule has 4 rings (SSSR count). The average molecular weight is 473 g/mol. The number of fused-ring (bicyclic) bond motifs is 1. The molecule has 0 saturated carbocycles. The SMILES string of the molecule is CS/C(=C\C=C\CNc1ncccc1C(=O)c1cncc(F)c1)c1ccc2ncnc(N)c2c1. The fraction of sp³-hybridized carbons (Fsp3) is 0.0800. The Labute approximate surface area is 200 Å². The van der Waals surface area contributed by atoms with Crippen LogP contribution in [-0.4, -0.2) is 38.5 Å². The van der Waals surface area contributed by atoms with Gasteiger partial charge in [0.2, 0.25) is 0 Å². The number of carbonyl (C=O) groups is 1. The fourth-order valence-corrected chi connectivity index (χ4v) is 3.89.